The fraction of sp³-hybridized carbons (Fsp3) is 0.900. The van der Waals surface area contributed by atoms with Crippen molar-refractivity contribution in [3.05, 3.63) is 0 Å². The molecule has 1 amide bonds. The number of halogens is 3. The number of carbonyl (C=O) groups is 1. The maximum atomic E-state index is 12.0. The molecular formula is C10H16F3NO2. The first-order chi connectivity index (χ1) is 7.31. The summed E-state index contributed by atoms with van der Waals surface area (Å²) in [5, 5.41) is 0. The van der Waals surface area contributed by atoms with Gasteiger partial charge in [0.1, 0.15) is 6.73 Å². The molecule has 1 fully saturated rings. The van der Waals surface area contributed by atoms with Gasteiger partial charge in [-0.3, -0.25) is 4.79 Å². The lowest BCUT2D eigenvalue weighted by Gasteiger charge is -2.25. The molecule has 0 aliphatic carbocycles. The summed E-state index contributed by atoms with van der Waals surface area (Å²) in [6.45, 7) is 4.36. The Kier molecular flexibility index (Phi) is 4.18. The van der Waals surface area contributed by atoms with Crippen LogP contribution < -0.4 is 0 Å². The zero-order chi connectivity index (χ0) is 12.3. The molecule has 16 heavy (non-hydrogen) atoms. The lowest BCUT2D eigenvalue weighted by Crippen LogP contribution is -2.40. The van der Waals surface area contributed by atoms with Crippen LogP contribution in [0.5, 0.6) is 0 Å². The summed E-state index contributed by atoms with van der Waals surface area (Å²) >= 11 is 0. The maximum absolute atomic E-state index is 12.0. The van der Waals surface area contributed by atoms with Crippen LogP contribution >= 0.6 is 0 Å². The van der Waals surface area contributed by atoms with Gasteiger partial charge in [0, 0.05) is 6.42 Å². The van der Waals surface area contributed by atoms with Crippen molar-refractivity contribution < 1.29 is 22.7 Å². The SMILES string of the molecule is CC(C)[C@H]1COCN1C(=O)CCC(F)(F)F. The third kappa shape index (κ3) is 3.66. The van der Waals surface area contributed by atoms with Crippen molar-refractivity contribution in [3.8, 4) is 0 Å². The topological polar surface area (TPSA) is 29.5 Å². The Morgan fingerprint density at radius 1 is 1.50 bits per heavy atom. The normalized spacial score (nSPS) is 21.9. The zero-order valence-corrected chi connectivity index (χ0v) is 9.38. The Morgan fingerprint density at radius 2 is 2.12 bits per heavy atom. The van der Waals surface area contributed by atoms with Crippen molar-refractivity contribution in [2.45, 2.75) is 38.9 Å². The van der Waals surface area contributed by atoms with Gasteiger partial charge in [0.25, 0.3) is 0 Å². The molecule has 0 aromatic rings. The highest BCUT2D eigenvalue weighted by Crippen LogP contribution is 2.24. The fourth-order valence-electron chi connectivity index (χ4n) is 1.66. The van der Waals surface area contributed by atoms with Crippen molar-refractivity contribution >= 4 is 5.91 Å². The highest BCUT2D eigenvalue weighted by molar-refractivity contribution is 5.76. The molecule has 0 spiro atoms. The van der Waals surface area contributed by atoms with Crippen LogP contribution in [0.2, 0.25) is 0 Å². The number of carbonyl (C=O) groups excluding carboxylic acids is 1. The van der Waals surface area contributed by atoms with Crippen molar-refractivity contribution in [2.24, 2.45) is 5.92 Å². The molecule has 3 nitrogen and oxygen atoms in total. The molecule has 0 aromatic carbocycles. The molecule has 0 aromatic heterocycles. The average molecular weight is 239 g/mol. The number of rotatable bonds is 3. The highest BCUT2D eigenvalue weighted by Gasteiger charge is 2.34. The molecule has 0 N–H and O–H groups in total. The highest BCUT2D eigenvalue weighted by atomic mass is 19.4. The molecule has 0 bridgehead atoms. The van der Waals surface area contributed by atoms with Gasteiger partial charge in [0.15, 0.2) is 0 Å². The van der Waals surface area contributed by atoms with E-state index in [1.165, 1.54) is 4.90 Å². The third-order valence-electron chi connectivity index (χ3n) is 2.63. The predicted molar refractivity (Wildman–Crippen MR) is 51.6 cm³/mol. The van der Waals surface area contributed by atoms with Crippen molar-refractivity contribution in [3.63, 3.8) is 0 Å². The lowest BCUT2D eigenvalue weighted by molar-refractivity contribution is -0.150. The number of hydrogen-bond acceptors (Lipinski definition) is 2. The molecular weight excluding hydrogens is 223 g/mol. The Bertz CT molecular complexity index is 253. The molecule has 0 radical (unpaired) electrons. The Hall–Kier alpha value is -0.780. The minimum Gasteiger partial charge on any atom is -0.359 e. The van der Waals surface area contributed by atoms with Gasteiger partial charge in [0.05, 0.1) is 19.1 Å². The number of alkyl halides is 3. The van der Waals surface area contributed by atoms with Crippen LogP contribution in [0.15, 0.2) is 0 Å². The summed E-state index contributed by atoms with van der Waals surface area (Å²) in [7, 11) is 0. The minimum atomic E-state index is -4.27. The summed E-state index contributed by atoms with van der Waals surface area (Å²) in [5.41, 5.74) is 0. The van der Waals surface area contributed by atoms with E-state index in [0.717, 1.165) is 0 Å². The number of hydrogen-bond donors (Lipinski definition) is 0. The van der Waals surface area contributed by atoms with Crippen LogP contribution in [0.1, 0.15) is 26.7 Å². The summed E-state index contributed by atoms with van der Waals surface area (Å²) in [5.74, 6) is -0.286. The molecule has 94 valence electrons. The van der Waals surface area contributed by atoms with Crippen molar-refractivity contribution in [1.29, 1.82) is 0 Å². The Labute approximate surface area is 92.5 Å². The van der Waals surface area contributed by atoms with E-state index in [1.54, 1.807) is 0 Å². The molecule has 1 atom stereocenters. The van der Waals surface area contributed by atoms with Gasteiger partial charge in [-0.2, -0.15) is 13.2 Å². The second-order valence-corrected chi connectivity index (χ2v) is 4.29. The van der Waals surface area contributed by atoms with Crippen LogP contribution in [0, 0.1) is 5.92 Å². The molecule has 1 rings (SSSR count). The van der Waals surface area contributed by atoms with Crippen LogP contribution in [0.4, 0.5) is 13.2 Å². The van der Waals surface area contributed by atoms with Crippen LogP contribution in [-0.2, 0) is 9.53 Å². The van der Waals surface area contributed by atoms with E-state index in [-0.39, 0.29) is 18.7 Å². The molecule has 0 saturated carbocycles. The van der Waals surface area contributed by atoms with Gasteiger partial charge in [0.2, 0.25) is 5.91 Å². The Morgan fingerprint density at radius 3 is 2.62 bits per heavy atom. The summed E-state index contributed by atoms with van der Waals surface area (Å²) in [4.78, 5) is 13.0. The van der Waals surface area contributed by atoms with E-state index in [9.17, 15) is 18.0 Å². The standard InChI is InChI=1S/C10H16F3NO2/c1-7(2)8-5-16-6-14(8)9(15)3-4-10(11,12)13/h7-8H,3-6H2,1-2H3/t8-/m1/s1. The van der Waals surface area contributed by atoms with Gasteiger partial charge in [-0.15, -0.1) is 0 Å². The van der Waals surface area contributed by atoms with Gasteiger partial charge in [-0.05, 0) is 5.92 Å². The number of amides is 1. The van der Waals surface area contributed by atoms with Crippen molar-refractivity contribution in [2.75, 3.05) is 13.3 Å². The maximum Gasteiger partial charge on any atom is 0.389 e. The molecule has 6 heteroatoms. The Balaban J connectivity index is 2.47. The second kappa shape index (κ2) is 5.03. The van der Waals surface area contributed by atoms with E-state index in [2.05, 4.69) is 0 Å². The summed E-state index contributed by atoms with van der Waals surface area (Å²) < 4.78 is 41.0. The van der Waals surface area contributed by atoms with Crippen molar-refractivity contribution in [1.82, 2.24) is 4.90 Å². The van der Waals surface area contributed by atoms with E-state index >= 15 is 0 Å². The third-order valence-corrected chi connectivity index (χ3v) is 2.63. The quantitative estimate of drug-likeness (QED) is 0.755. The van der Waals surface area contributed by atoms with E-state index in [0.29, 0.717) is 6.61 Å². The minimum absolute atomic E-state index is 0.0965. The van der Waals surface area contributed by atoms with Gasteiger partial charge < -0.3 is 9.64 Å². The van der Waals surface area contributed by atoms with E-state index < -0.39 is 24.9 Å². The molecule has 1 aliphatic heterocycles. The fourth-order valence-corrected chi connectivity index (χ4v) is 1.66. The second-order valence-electron chi connectivity index (χ2n) is 4.29. The monoisotopic (exact) mass is 239 g/mol. The zero-order valence-electron chi connectivity index (χ0n) is 9.38. The molecule has 1 saturated heterocycles. The molecule has 1 heterocycles. The van der Waals surface area contributed by atoms with Crippen LogP contribution in [0.25, 0.3) is 0 Å². The van der Waals surface area contributed by atoms with Gasteiger partial charge >= 0.3 is 6.18 Å². The number of nitrogens with zero attached hydrogens (tertiary/aromatic N) is 1. The molecule has 0 unspecified atom stereocenters. The lowest BCUT2D eigenvalue weighted by atomic mass is 10.0. The first-order valence-electron chi connectivity index (χ1n) is 5.25. The molecule has 1 aliphatic rings. The smallest absolute Gasteiger partial charge is 0.359 e. The summed E-state index contributed by atoms with van der Waals surface area (Å²) in [6.07, 6.45) is -5.83. The predicted octanol–water partition coefficient (Wildman–Crippen LogP) is 2.17. The first-order valence-corrected chi connectivity index (χ1v) is 5.25. The largest absolute Gasteiger partial charge is 0.389 e. The van der Waals surface area contributed by atoms with E-state index in [1.807, 2.05) is 13.8 Å². The van der Waals surface area contributed by atoms with Crippen LogP contribution in [0.3, 0.4) is 0 Å². The van der Waals surface area contributed by atoms with Crippen LogP contribution in [-0.4, -0.2) is 36.4 Å². The van der Waals surface area contributed by atoms with Gasteiger partial charge in [-0.25, -0.2) is 0 Å². The van der Waals surface area contributed by atoms with Gasteiger partial charge in [-0.1, -0.05) is 13.8 Å². The average Bonchev–Trinajstić information content (AvgIpc) is 2.61. The first kappa shape index (κ1) is 13.3. The number of ether oxygens (including phenoxy) is 1. The van der Waals surface area contributed by atoms with E-state index in [4.69, 9.17) is 4.74 Å². The summed E-state index contributed by atoms with van der Waals surface area (Å²) in [6, 6.07) is -0.0965.